The smallest absolute Gasteiger partial charge is 0.260 e. The fourth-order valence-electron chi connectivity index (χ4n) is 2.04. The average Bonchev–Trinajstić information content (AvgIpc) is 2.54. The molecule has 3 N–H and O–H groups in total. The molecule has 1 aromatic carbocycles. The number of aromatic nitrogens is 2. The van der Waals surface area contributed by atoms with Gasteiger partial charge in [-0.2, -0.15) is 0 Å². The Kier molecular flexibility index (Phi) is 1.48. The molecule has 0 amide bonds. The lowest BCUT2D eigenvalue weighted by atomic mass is 10.1. The Balaban J connectivity index is 2.38. The standard InChI is InChI=1S/C11H9N3O/c12-11-13-8-5-6-3-1-2-4-7(6)9(8)10(15)14-11/h1-4H,5H2,(H3,12,13,14,15). The van der Waals surface area contributed by atoms with E-state index in [1.165, 1.54) is 0 Å². The second-order valence-corrected chi connectivity index (χ2v) is 3.61. The third-order valence-corrected chi connectivity index (χ3v) is 2.66. The minimum atomic E-state index is -0.151. The molecule has 0 radical (unpaired) electrons. The lowest BCUT2D eigenvalue weighted by Gasteiger charge is -1.99. The van der Waals surface area contributed by atoms with Crippen LogP contribution in [0, 0.1) is 0 Å². The molecule has 1 aliphatic carbocycles. The first-order valence-corrected chi connectivity index (χ1v) is 4.72. The highest BCUT2D eigenvalue weighted by atomic mass is 16.1. The van der Waals surface area contributed by atoms with Crippen molar-refractivity contribution in [3.63, 3.8) is 0 Å². The monoisotopic (exact) mass is 199 g/mol. The summed E-state index contributed by atoms with van der Waals surface area (Å²) in [6, 6.07) is 7.83. The molecule has 1 aromatic heterocycles. The number of nitrogens with zero attached hydrogens (tertiary/aromatic N) is 1. The van der Waals surface area contributed by atoms with E-state index in [1.54, 1.807) is 0 Å². The van der Waals surface area contributed by atoms with Crippen LogP contribution in [0.4, 0.5) is 5.95 Å². The zero-order valence-corrected chi connectivity index (χ0v) is 7.95. The molecule has 0 atom stereocenters. The second kappa shape index (κ2) is 2.70. The van der Waals surface area contributed by atoms with E-state index in [0.29, 0.717) is 12.0 Å². The van der Waals surface area contributed by atoms with Gasteiger partial charge in [-0.15, -0.1) is 0 Å². The van der Waals surface area contributed by atoms with Crippen molar-refractivity contribution in [3.05, 3.63) is 45.9 Å². The summed E-state index contributed by atoms with van der Waals surface area (Å²) in [6.45, 7) is 0. The van der Waals surface area contributed by atoms with E-state index in [0.717, 1.165) is 16.8 Å². The predicted octanol–water partition coefficient (Wildman–Crippen LogP) is 0.923. The van der Waals surface area contributed by atoms with E-state index in [1.807, 2.05) is 24.3 Å². The molecule has 4 heteroatoms. The molecule has 3 rings (SSSR count). The summed E-state index contributed by atoms with van der Waals surface area (Å²) in [4.78, 5) is 18.4. The molecule has 4 nitrogen and oxygen atoms in total. The summed E-state index contributed by atoms with van der Waals surface area (Å²) in [6.07, 6.45) is 0.694. The van der Waals surface area contributed by atoms with Crippen LogP contribution in [0.5, 0.6) is 0 Å². The number of anilines is 1. The molecule has 0 bridgehead atoms. The number of rotatable bonds is 0. The lowest BCUT2D eigenvalue weighted by Crippen LogP contribution is -2.14. The summed E-state index contributed by atoms with van der Waals surface area (Å²) in [5, 5.41) is 0. The van der Waals surface area contributed by atoms with Gasteiger partial charge >= 0.3 is 0 Å². The van der Waals surface area contributed by atoms with Gasteiger partial charge in [0.25, 0.3) is 5.56 Å². The van der Waals surface area contributed by atoms with E-state index in [2.05, 4.69) is 9.97 Å². The Morgan fingerprint density at radius 1 is 1.33 bits per heavy atom. The van der Waals surface area contributed by atoms with Gasteiger partial charge in [0, 0.05) is 6.42 Å². The summed E-state index contributed by atoms with van der Waals surface area (Å²) < 4.78 is 0. The number of nitrogens with one attached hydrogen (secondary N) is 1. The summed E-state index contributed by atoms with van der Waals surface area (Å²) in [5.41, 5.74) is 8.90. The second-order valence-electron chi connectivity index (χ2n) is 3.61. The molecule has 0 saturated carbocycles. The molecule has 74 valence electrons. The number of H-pyrrole nitrogens is 1. The number of fused-ring (bicyclic) bond motifs is 3. The molecule has 1 heterocycles. The van der Waals surface area contributed by atoms with E-state index < -0.39 is 0 Å². The van der Waals surface area contributed by atoms with Crippen molar-refractivity contribution < 1.29 is 0 Å². The van der Waals surface area contributed by atoms with Crippen LogP contribution in [0.15, 0.2) is 29.1 Å². The van der Waals surface area contributed by atoms with Gasteiger partial charge in [0.1, 0.15) is 0 Å². The van der Waals surface area contributed by atoms with Gasteiger partial charge in [0.05, 0.1) is 11.3 Å². The number of nitrogen functional groups attached to an aromatic ring is 1. The van der Waals surface area contributed by atoms with Gasteiger partial charge in [0.15, 0.2) is 0 Å². The topological polar surface area (TPSA) is 71.8 Å². The van der Waals surface area contributed by atoms with Gasteiger partial charge in [-0.05, 0) is 11.1 Å². The zero-order valence-electron chi connectivity index (χ0n) is 7.95. The van der Waals surface area contributed by atoms with E-state index in [9.17, 15) is 4.79 Å². The molecule has 1 aliphatic rings. The molecule has 0 fully saturated rings. The third-order valence-electron chi connectivity index (χ3n) is 2.66. The maximum absolute atomic E-state index is 11.7. The van der Waals surface area contributed by atoms with E-state index in [4.69, 9.17) is 5.73 Å². The Morgan fingerprint density at radius 2 is 2.13 bits per heavy atom. The molecule has 2 aromatic rings. The lowest BCUT2D eigenvalue weighted by molar-refractivity contribution is 1.06. The summed E-state index contributed by atoms with van der Waals surface area (Å²) in [7, 11) is 0. The molecular weight excluding hydrogens is 190 g/mol. The molecule has 0 aliphatic heterocycles. The first-order valence-electron chi connectivity index (χ1n) is 4.72. The van der Waals surface area contributed by atoms with Crippen LogP contribution in [-0.2, 0) is 6.42 Å². The maximum Gasteiger partial charge on any atom is 0.260 e. The molecule has 0 saturated heterocycles. The highest BCUT2D eigenvalue weighted by Gasteiger charge is 2.22. The van der Waals surface area contributed by atoms with Crippen molar-refractivity contribution in [3.8, 4) is 11.1 Å². The maximum atomic E-state index is 11.7. The number of nitrogens with two attached hydrogens (primary N) is 1. The first kappa shape index (κ1) is 8.23. The van der Waals surface area contributed by atoms with Crippen LogP contribution < -0.4 is 11.3 Å². The van der Waals surface area contributed by atoms with Crippen molar-refractivity contribution in [2.45, 2.75) is 6.42 Å². The molecular formula is C11H9N3O. The quantitative estimate of drug-likeness (QED) is 0.565. The highest BCUT2D eigenvalue weighted by Crippen LogP contribution is 2.32. The van der Waals surface area contributed by atoms with E-state index in [-0.39, 0.29) is 11.5 Å². The van der Waals surface area contributed by atoms with Gasteiger partial charge in [-0.1, -0.05) is 24.3 Å². The predicted molar refractivity (Wildman–Crippen MR) is 57.5 cm³/mol. The van der Waals surface area contributed by atoms with Crippen LogP contribution in [0.2, 0.25) is 0 Å². The zero-order chi connectivity index (χ0) is 10.4. The average molecular weight is 199 g/mol. The molecule has 0 spiro atoms. The van der Waals surface area contributed by atoms with Crippen molar-refractivity contribution >= 4 is 5.95 Å². The largest absolute Gasteiger partial charge is 0.369 e. The Labute approximate surface area is 85.8 Å². The van der Waals surface area contributed by atoms with Crippen molar-refractivity contribution in [1.82, 2.24) is 9.97 Å². The normalized spacial score (nSPS) is 12.3. The number of hydrogen-bond acceptors (Lipinski definition) is 3. The van der Waals surface area contributed by atoms with Crippen molar-refractivity contribution in [2.75, 3.05) is 5.73 Å². The first-order chi connectivity index (χ1) is 7.25. The van der Waals surface area contributed by atoms with Gasteiger partial charge in [0.2, 0.25) is 5.95 Å². The minimum absolute atomic E-state index is 0.151. The Hall–Kier alpha value is -2.10. The van der Waals surface area contributed by atoms with Crippen LogP contribution in [0.1, 0.15) is 11.3 Å². The Bertz CT molecular complexity index is 601. The molecule has 0 unspecified atom stereocenters. The minimum Gasteiger partial charge on any atom is -0.369 e. The van der Waals surface area contributed by atoms with Crippen molar-refractivity contribution in [2.24, 2.45) is 0 Å². The number of aromatic amines is 1. The Morgan fingerprint density at radius 3 is 3.00 bits per heavy atom. The van der Waals surface area contributed by atoms with Crippen LogP contribution in [0.25, 0.3) is 11.1 Å². The van der Waals surface area contributed by atoms with Gasteiger partial charge in [-0.25, -0.2) is 4.98 Å². The third kappa shape index (κ3) is 1.08. The van der Waals surface area contributed by atoms with Gasteiger partial charge in [-0.3, -0.25) is 9.78 Å². The summed E-state index contributed by atoms with van der Waals surface area (Å²) in [5.74, 6) is 0.187. The molecule has 15 heavy (non-hydrogen) atoms. The fraction of sp³-hybridized carbons (Fsp3) is 0.0909. The van der Waals surface area contributed by atoms with Crippen molar-refractivity contribution in [1.29, 1.82) is 0 Å². The van der Waals surface area contributed by atoms with Crippen LogP contribution in [-0.4, -0.2) is 9.97 Å². The number of hydrogen-bond donors (Lipinski definition) is 2. The fourth-order valence-corrected chi connectivity index (χ4v) is 2.04. The van der Waals surface area contributed by atoms with Crippen LogP contribution in [0.3, 0.4) is 0 Å². The van der Waals surface area contributed by atoms with Gasteiger partial charge < -0.3 is 5.73 Å². The SMILES string of the molecule is Nc1nc2c(c(=O)[nH]1)-c1ccccc1C2. The van der Waals surface area contributed by atoms with E-state index >= 15 is 0 Å². The summed E-state index contributed by atoms with van der Waals surface area (Å²) >= 11 is 0. The van der Waals surface area contributed by atoms with Crippen LogP contribution >= 0.6 is 0 Å². The number of benzene rings is 1. The highest BCUT2D eigenvalue weighted by molar-refractivity contribution is 5.74.